The second-order valence-electron chi connectivity index (χ2n) is 7.34. The minimum atomic E-state index is -0.493. The highest BCUT2D eigenvalue weighted by Crippen LogP contribution is 2.36. The Bertz CT molecular complexity index is 748. The van der Waals surface area contributed by atoms with Crippen LogP contribution in [-0.4, -0.2) is 19.1 Å². The van der Waals surface area contributed by atoms with E-state index in [0.29, 0.717) is 13.2 Å². The first-order valence-corrected chi connectivity index (χ1v) is 9.58. The van der Waals surface area contributed by atoms with Gasteiger partial charge in [0.05, 0.1) is 11.5 Å². The summed E-state index contributed by atoms with van der Waals surface area (Å²) in [6.45, 7) is 7.62. The molecule has 26 heavy (non-hydrogen) atoms. The molecule has 1 heterocycles. The van der Waals surface area contributed by atoms with E-state index >= 15 is 0 Å². The van der Waals surface area contributed by atoms with E-state index in [1.54, 1.807) is 0 Å². The van der Waals surface area contributed by atoms with Crippen LogP contribution in [0.2, 0.25) is 0 Å². The summed E-state index contributed by atoms with van der Waals surface area (Å²) in [5, 5.41) is 3.34. The fraction of sp³-hybridized carbons (Fsp3) is 0.435. The van der Waals surface area contributed by atoms with Gasteiger partial charge in [-0.1, -0.05) is 55.5 Å². The maximum atomic E-state index is 13.4. The van der Waals surface area contributed by atoms with Gasteiger partial charge in [-0.25, -0.2) is 0 Å². The summed E-state index contributed by atoms with van der Waals surface area (Å²) in [5.41, 5.74) is 4.32. The number of ether oxygens (including phenoxy) is 1. The first-order valence-electron chi connectivity index (χ1n) is 9.58. The number of nitrogens with one attached hydrogen (secondary N) is 1. The van der Waals surface area contributed by atoms with Crippen LogP contribution in [-0.2, 0) is 14.9 Å². The van der Waals surface area contributed by atoms with Gasteiger partial charge in [0.25, 0.3) is 0 Å². The molecule has 0 aliphatic carbocycles. The van der Waals surface area contributed by atoms with Crippen LogP contribution in [0.3, 0.4) is 0 Å². The molecule has 1 N–H and O–H groups in total. The zero-order valence-corrected chi connectivity index (χ0v) is 16.0. The number of amides is 1. The summed E-state index contributed by atoms with van der Waals surface area (Å²) in [7, 11) is 0. The smallest absolute Gasteiger partial charge is 0.231 e. The maximum Gasteiger partial charge on any atom is 0.231 e. The van der Waals surface area contributed by atoms with Crippen molar-refractivity contribution in [3.8, 4) is 0 Å². The number of hydrogen-bond donors (Lipinski definition) is 1. The molecule has 2 aromatic carbocycles. The molecule has 0 spiro atoms. The highest BCUT2D eigenvalue weighted by molar-refractivity contribution is 5.88. The Morgan fingerprint density at radius 1 is 1.08 bits per heavy atom. The maximum absolute atomic E-state index is 13.4. The van der Waals surface area contributed by atoms with Crippen LogP contribution in [0.15, 0.2) is 48.5 Å². The fourth-order valence-corrected chi connectivity index (χ4v) is 3.82. The minimum Gasteiger partial charge on any atom is -0.381 e. The Morgan fingerprint density at radius 3 is 2.38 bits per heavy atom. The first-order chi connectivity index (χ1) is 12.6. The van der Waals surface area contributed by atoms with Gasteiger partial charge in [0, 0.05) is 13.2 Å². The van der Waals surface area contributed by atoms with Gasteiger partial charge in [0.15, 0.2) is 0 Å². The summed E-state index contributed by atoms with van der Waals surface area (Å²) < 4.78 is 5.56. The van der Waals surface area contributed by atoms with E-state index in [-0.39, 0.29) is 11.9 Å². The predicted molar refractivity (Wildman–Crippen MR) is 105 cm³/mol. The molecule has 0 radical (unpaired) electrons. The average Bonchev–Trinajstić information content (AvgIpc) is 2.69. The molecule has 3 nitrogen and oxygen atoms in total. The quantitative estimate of drug-likeness (QED) is 0.854. The number of benzene rings is 2. The average molecular weight is 351 g/mol. The largest absolute Gasteiger partial charge is 0.381 e. The van der Waals surface area contributed by atoms with Crippen molar-refractivity contribution in [3.05, 3.63) is 70.8 Å². The van der Waals surface area contributed by atoms with Gasteiger partial charge in [-0.05, 0) is 55.4 Å². The van der Waals surface area contributed by atoms with E-state index in [4.69, 9.17) is 4.74 Å². The molecule has 3 heteroatoms. The number of hydrogen-bond acceptors (Lipinski definition) is 2. The van der Waals surface area contributed by atoms with E-state index in [9.17, 15) is 4.79 Å². The van der Waals surface area contributed by atoms with E-state index in [0.717, 1.165) is 24.8 Å². The third-order valence-electron chi connectivity index (χ3n) is 5.75. The van der Waals surface area contributed by atoms with Gasteiger partial charge >= 0.3 is 0 Å². The van der Waals surface area contributed by atoms with E-state index < -0.39 is 5.41 Å². The molecule has 1 aliphatic heterocycles. The predicted octanol–water partition coefficient (Wildman–Crippen LogP) is 4.62. The van der Waals surface area contributed by atoms with Crippen LogP contribution in [0, 0.1) is 13.8 Å². The van der Waals surface area contributed by atoms with Gasteiger partial charge < -0.3 is 10.1 Å². The number of carbonyl (C=O) groups excluding carboxylic acids is 1. The molecule has 138 valence electrons. The topological polar surface area (TPSA) is 38.3 Å². The van der Waals surface area contributed by atoms with Crippen LogP contribution < -0.4 is 5.32 Å². The molecule has 0 bridgehead atoms. The lowest BCUT2D eigenvalue weighted by atomic mass is 9.73. The number of aryl methyl sites for hydroxylation is 2. The molecular formula is C23H29NO2. The SMILES string of the molecule is CC[C@@H](NC(=O)C1(c2ccccc2)CCOCC1)c1ccc(C)c(C)c1. The number of rotatable bonds is 5. The normalized spacial score (nSPS) is 17.5. The van der Waals surface area contributed by atoms with Gasteiger partial charge in [0.1, 0.15) is 0 Å². The molecule has 2 aromatic rings. The Labute approximate surface area is 156 Å². The van der Waals surface area contributed by atoms with Gasteiger partial charge in [-0.3, -0.25) is 4.79 Å². The zero-order valence-electron chi connectivity index (χ0n) is 16.0. The summed E-state index contributed by atoms with van der Waals surface area (Å²) in [6.07, 6.45) is 2.33. The summed E-state index contributed by atoms with van der Waals surface area (Å²) in [5.74, 6) is 0.122. The Kier molecular flexibility index (Phi) is 5.77. The third-order valence-corrected chi connectivity index (χ3v) is 5.75. The molecule has 1 amide bonds. The van der Waals surface area contributed by atoms with Crippen LogP contribution in [0.25, 0.3) is 0 Å². The van der Waals surface area contributed by atoms with Crippen molar-refractivity contribution in [2.75, 3.05) is 13.2 Å². The number of carbonyl (C=O) groups is 1. The van der Waals surface area contributed by atoms with Crippen LogP contribution in [0.4, 0.5) is 0 Å². The first kappa shape index (κ1) is 18.7. The van der Waals surface area contributed by atoms with Crippen molar-refractivity contribution in [2.24, 2.45) is 0 Å². The van der Waals surface area contributed by atoms with Crippen molar-refractivity contribution in [2.45, 2.75) is 51.5 Å². The van der Waals surface area contributed by atoms with E-state index in [2.05, 4.69) is 56.4 Å². The monoisotopic (exact) mass is 351 g/mol. The van der Waals surface area contributed by atoms with E-state index in [1.165, 1.54) is 16.7 Å². The lowest BCUT2D eigenvalue weighted by molar-refractivity contribution is -0.131. The van der Waals surface area contributed by atoms with Gasteiger partial charge in [-0.2, -0.15) is 0 Å². The summed E-state index contributed by atoms with van der Waals surface area (Å²) in [6, 6.07) is 16.7. The summed E-state index contributed by atoms with van der Waals surface area (Å²) >= 11 is 0. The van der Waals surface area contributed by atoms with Crippen LogP contribution in [0.1, 0.15) is 54.5 Å². The lowest BCUT2D eigenvalue weighted by Gasteiger charge is -2.37. The molecule has 1 fully saturated rings. The molecule has 1 saturated heterocycles. The van der Waals surface area contributed by atoms with Gasteiger partial charge in [0.2, 0.25) is 5.91 Å². The third kappa shape index (κ3) is 3.68. The minimum absolute atomic E-state index is 0.0326. The molecule has 0 saturated carbocycles. The Hall–Kier alpha value is -2.13. The van der Waals surface area contributed by atoms with E-state index in [1.807, 2.05) is 18.2 Å². The Balaban J connectivity index is 1.88. The standard InChI is InChI=1S/C23H29NO2/c1-4-21(19-11-10-17(2)18(3)16-19)24-22(25)23(12-14-26-15-13-23)20-8-6-5-7-9-20/h5-11,16,21H,4,12-15H2,1-3H3,(H,24,25)/t21-/m1/s1. The molecule has 1 aliphatic rings. The van der Waals surface area contributed by atoms with Crippen LogP contribution in [0.5, 0.6) is 0 Å². The highest BCUT2D eigenvalue weighted by Gasteiger charge is 2.42. The van der Waals surface area contributed by atoms with Crippen molar-refractivity contribution in [3.63, 3.8) is 0 Å². The molecule has 3 rings (SSSR count). The van der Waals surface area contributed by atoms with Crippen molar-refractivity contribution in [1.82, 2.24) is 5.32 Å². The van der Waals surface area contributed by atoms with Crippen molar-refractivity contribution >= 4 is 5.91 Å². The zero-order chi connectivity index (χ0) is 18.6. The van der Waals surface area contributed by atoms with Crippen molar-refractivity contribution in [1.29, 1.82) is 0 Å². The second kappa shape index (κ2) is 8.05. The highest BCUT2D eigenvalue weighted by atomic mass is 16.5. The Morgan fingerprint density at radius 2 is 1.77 bits per heavy atom. The molecule has 0 unspecified atom stereocenters. The lowest BCUT2D eigenvalue weighted by Crippen LogP contribution is -2.49. The summed E-state index contributed by atoms with van der Waals surface area (Å²) in [4.78, 5) is 13.4. The molecule has 1 atom stereocenters. The van der Waals surface area contributed by atoms with Gasteiger partial charge in [-0.15, -0.1) is 0 Å². The van der Waals surface area contributed by atoms with Crippen LogP contribution >= 0.6 is 0 Å². The molecule has 0 aromatic heterocycles. The fourth-order valence-electron chi connectivity index (χ4n) is 3.82. The van der Waals surface area contributed by atoms with Crippen molar-refractivity contribution < 1.29 is 9.53 Å². The molecular weight excluding hydrogens is 322 g/mol. The second-order valence-corrected chi connectivity index (χ2v) is 7.34.